The van der Waals surface area contributed by atoms with Crippen molar-refractivity contribution in [3.05, 3.63) is 0 Å². The molecule has 0 amide bonds. The maximum absolute atomic E-state index is 4.27. The van der Waals surface area contributed by atoms with Crippen molar-refractivity contribution in [2.45, 2.75) is 45.4 Å². The summed E-state index contributed by atoms with van der Waals surface area (Å²) in [4.78, 5) is 6.89. The summed E-state index contributed by atoms with van der Waals surface area (Å²) < 4.78 is 0. The molecule has 0 bridgehead atoms. The maximum Gasteiger partial charge on any atom is 0.190 e. The van der Waals surface area contributed by atoms with E-state index < -0.39 is 0 Å². The second-order valence-corrected chi connectivity index (χ2v) is 6.55. The fourth-order valence-corrected chi connectivity index (χ4v) is 2.74. The molecule has 2 fully saturated rings. The van der Waals surface area contributed by atoms with Gasteiger partial charge in [0.05, 0.1) is 0 Å². The summed E-state index contributed by atoms with van der Waals surface area (Å²) in [5, 5.41) is 6.82. The highest BCUT2D eigenvalue weighted by molar-refractivity contribution is 5.79. The number of aliphatic imine (C=N–C) groups is 1. The summed E-state index contributed by atoms with van der Waals surface area (Å²) in [7, 11) is 1.86. The predicted octanol–water partition coefficient (Wildman–Crippen LogP) is 2.07. The van der Waals surface area contributed by atoms with E-state index >= 15 is 0 Å². The number of nitrogens with one attached hydrogen (secondary N) is 2. The van der Waals surface area contributed by atoms with Crippen molar-refractivity contribution in [1.29, 1.82) is 0 Å². The van der Waals surface area contributed by atoms with Gasteiger partial charge in [0, 0.05) is 20.1 Å². The molecule has 0 radical (unpaired) electrons. The van der Waals surface area contributed by atoms with Gasteiger partial charge < -0.3 is 15.5 Å². The van der Waals surface area contributed by atoms with Crippen LogP contribution in [0.15, 0.2) is 4.99 Å². The van der Waals surface area contributed by atoms with Gasteiger partial charge in [-0.3, -0.25) is 4.99 Å². The van der Waals surface area contributed by atoms with Crippen LogP contribution in [0.1, 0.15) is 45.4 Å². The third-order valence-electron chi connectivity index (χ3n) is 4.55. The molecule has 0 aromatic carbocycles. The van der Waals surface area contributed by atoms with Crippen LogP contribution in [0.5, 0.6) is 0 Å². The molecule has 1 heterocycles. The van der Waals surface area contributed by atoms with E-state index in [9.17, 15) is 0 Å². The van der Waals surface area contributed by atoms with Crippen LogP contribution >= 0.6 is 0 Å². The van der Waals surface area contributed by atoms with Gasteiger partial charge in [0.1, 0.15) is 0 Å². The molecule has 2 N–H and O–H groups in total. The van der Waals surface area contributed by atoms with Crippen molar-refractivity contribution in [2.24, 2.45) is 16.8 Å². The highest BCUT2D eigenvalue weighted by Crippen LogP contribution is 2.27. The summed E-state index contributed by atoms with van der Waals surface area (Å²) in [5.74, 6) is 2.81. The van der Waals surface area contributed by atoms with Crippen LogP contribution in [0.2, 0.25) is 0 Å². The van der Waals surface area contributed by atoms with Gasteiger partial charge in [-0.1, -0.05) is 6.92 Å². The molecule has 0 unspecified atom stereocenters. The first-order chi connectivity index (χ1) is 9.78. The fourth-order valence-electron chi connectivity index (χ4n) is 2.74. The molecular weight excluding hydrogens is 248 g/mol. The molecule has 116 valence electrons. The van der Waals surface area contributed by atoms with E-state index in [2.05, 4.69) is 27.4 Å². The summed E-state index contributed by atoms with van der Waals surface area (Å²) in [6, 6.07) is 0. The van der Waals surface area contributed by atoms with E-state index in [4.69, 9.17) is 0 Å². The summed E-state index contributed by atoms with van der Waals surface area (Å²) in [6.07, 6.45) is 8.07. The van der Waals surface area contributed by atoms with Crippen LogP contribution in [0.4, 0.5) is 0 Å². The Kier molecular flexibility index (Phi) is 6.64. The number of guanidine groups is 1. The number of unbranched alkanes of at least 4 members (excludes halogenated alkanes) is 1. The molecule has 1 aliphatic heterocycles. The lowest BCUT2D eigenvalue weighted by atomic mass is 9.99. The van der Waals surface area contributed by atoms with Gasteiger partial charge in [-0.25, -0.2) is 0 Å². The third-order valence-corrected chi connectivity index (χ3v) is 4.55. The highest BCUT2D eigenvalue weighted by Gasteiger charge is 2.21. The van der Waals surface area contributed by atoms with Crippen LogP contribution in [0.3, 0.4) is 0 Å². The van der Waals surface area contributed by atoms with Crippen LogP contribution < -0.4 is 10.6 Å². The third kappa shape index (κ3) is 6.12. The average molecular weight is 280 g/mol. The molecule has 0 aromatic heterocycles. The number of nitrogens with zero attached hydrogens (tertiary/aromatic N) is 2. The van der Waals surface area contributed by atoms with Crippen molar-refractivity contribution in [1.82, 2.24) is 15.5 Å². The minimum atomic E-state index is 0.898. The lowest BCUT2D eigenvalue weighted by Gasteiger charge is -2.30. The zero-order valence-electron chi connectivity index (χ0n) is 13.3. The molecule has 4 heteroatoms. The van der Waals surface area contributed by atoms with E-state index in [-0.39, 0.29) is 0 Å². The van der Waals surface area contributed by atoms with Crippen molar-refractivity contribution in [3.63, 3.8) is 0 Å². The lowest BCUT2D eigenvalue weighted by molar-refractivity contribution is 0.189. The Morgan fingerprint density at radius 2 is 1.85 bits per heavy atom. The van der Waals surface area contributed by atoms with E-state index in [0.29, 0.717) is 0 Å². The Hall–Kier alpha value is -0.770. The van der Waals surface area contributed by atoms with Crippen LogP contribution in [0, 0.1) is 11.8 Å². The van der Waals surface area contributed by atoms with Gasteiger partial charge >= 0.3 is 0 Å². The first-order valence-corrected chi connectivity index (χ1v) is 8.45. The largest absolute Gasteiger partial charge is 0.356 e. The molecule has 2 aliphatic rings. The quantitative estimate of drug-likeness (QED) is 0.426. The monoisotopic (exact) mass is 280 g/mol. The van der Waals surface area contributed by atoms with Crippen molar-refractivity contribution in [2.75, 3.05) is 39.8 Å². The standard InChI is InChI=1S/C16H32N4/c1-14-7-11-20(12-8-14)10-4-3-9-18-16(17-2)19-13-15-5-6-15/h14-15H,3-13H2,1-2H3,(H2,17,18,19). The molecule has 1 saturated carbocycles. The number of hydrogen-bond donors (Lipinski definition) is 2. The molecule has 1 aliphatic carbocycles. The highest BCUT2D eigenvalue weighted by atomic mass is 15.2. The van der Waals surface area contributed by atoms with Gasteiger partial charge in [0.2, 0.25) is 0 Å². The topological polar surface area (TPSA) is 39.7 Å². The zero-order chi connectivity index (χ0) is 14.2. The van der Waals surface area contributed by atoms with E-state index in [0.717, 1.165) is 30.9 Å². The number of likely N-dealkylation sites (tertiary alicyclic amines) is 1. The average Bonchev–Trinajstić information content (AvgIpc) is 3.28. The molecule has 0 aromatic rings. The molecular formula is C16H32N4. The van der Waals surface area contributed by atoms with Gasteiger partial charge in [-0.05, 0) is 70.0 Å². The van der Waals surface area contributed by atoms with E-state index in [1.165, 1.54) is 58.2 Å². The fraction of sp³-hybridized carbons (Fsp3) is 0.938. The summed E-state index contributed by atoms with van der Waals surface area (Å²) >= 11 is 0. The Labute approximate surface area is 124 Å². The minimum Gasteiger partial charge on any atom is -0.356 e. The Morgan fingerprint density at radius 1 is 1.10 bits per heavy atom. The van der Waals surface area contributed by atoms with Gasteiger partial charge in [-0.2, -0.15) is 0 Å². The van der Waals surface area contributed by atoms with Crippen LogP contribution in [-0.4, -0.2) is 50.6 Å². The number of hydrogen-bond acceptors (Lipinski definition) is 2. The Morgan fingerprint density at radius 3 is 2.50 bits per heavy atom. The van der Waals surface area contributed by atoms with E-state index in [1.54, 1.807) is 0 Å². The van der Waals surface area contributed by atoms with Crippen LogP contribution in [0.25, 0.3) is 0 Å². The normalized spacial score (nSPS) is 22.0. The van der Waals surface area contributed by atoms with Gasteiger partial charge in [-0.15, -0.1) is 0 Å². The van der Waals surface area contributed by atoms with Gasteiger partial charge in [0.25, 0.3) is 0 Å². The zero-order valence-corrected chi connectivity index (χ0v) is 13.3. The first-order valence-electron chi connectivity index (χ1n) is 8.45. The molecule has 0 spiro atoms. The second-order valence-electron chi connectivity index (χ2n) is 6.55. The molecule has 2 rings (SSSR count). The Balaban J connectivity index is 1.45. The number of piperidine rings is 1. The lowest BCUT2D eigenvalue weighted by Crippen LogP contribution is -2.39. The van der Waals surface area contributed by atoms with Crippen LogP contribution in [-0.2, 0) is 0 Å². The van der Waals surface area contributed by atoms with E-state index in [1.807, 2.05) is 7.05 Å². The maximum atomic E-state index is 4.27. The number of rotatable bonds is 7. The van der Waals surface area contributed by atoms with Crippen molar-refractivity contribution < 1.29 is 0 Å². The van der Waals surface area contributed by atoms with Crippen molar-refractivity contribution >= 4 is 5.96 Å². The SMILES string of the molecule is CN=C(NCCCCN1CCC(C)CC1)NCC1CC1. The molecule has 0 atom stereocenters. The smallest absolute Gasteiger partial charge is 0.190 e. The summed E-state index contributed by atoms with van der Waals surface area (Å²) in [5.41, 5.74) is 0. The Bertz CT molecular complexity index is 291. The summed E-state index contributed by atoms with van der Waals surface area (Å²) in [6.45, 7) is 8.38. The van der Waals surface area contributed by atoms with Crippen molar-refractivity contribution in [3.8, 4) is 0 Å². The first kappa shape index (κ1) is 15.6. The molecule has 4 nitrogen and oxygen atoms in total. The second kappa shape index (κ2) is 8.50. The minimum absolute atomic E-state index is 0.898. The predicted molar refractivity (Wildman–Crippen MR) is 86.2 cm³/mol. The molecule has 20 heavy (non-hydrogen) atoms. The molecule has 1 saturated heterocycles. The van der Waals surface area contributed by atoms with Gasteiger partial charge in [0.15, 0.2) is 5.96 Å².